The molecule has 0 heterocycles. The van der Waals surface area contributed by atoms with Crippen LogP contribution in [0.15, 0.2) is 28.7 Å². The molecule has 1 aliphatic rings. The minimum atomic E-state index is -1.45. The Bertz CT molecular complexity index is 600. The number of ketones is 1. The molecule has 0 aliphatic heterocycles. The summed E-state index contributed by atoms with van der Waals surface area (Å²) < 4.78 is 5.64. The van der Waals surface area contributed by atoms with Gasteiger partial charge in [0.25, 0.3) is 0 Å². The van der Waals surface area contributed by atoms with Gasteiger partial charge >= 0.3 is 5.97 Å². The maximum Gasteiger partial charge on any atom is 0.320 e. The molecular weight excluding hydrogens is 354 g/mol. The molecule has 2 atom stereocenters. The van der Waals surface area contributed by atoms with E-state index in [0.717, 1.165) is 4.47 Å². The first-order chi connectivity index (χ1) is 10.4. The van der Waals surface area contributed by atoms with Gasteiger partial charge in [-0.1, -0.05) is 28.1 Å². The summed E-state index contributed by atoms with van der Waals surface area (Å²) in [6.07, 6.45) is 1.07. The van der Waals surface area contributed by atoms with Crippen LogP contribution in [0.3, 0.4) is 0 Å². The van der Waals surface area contributed by atoms with Gasteiger partial charge in [-0.05, 0) is 30.5 Å². The van der Waals surface area contributed by atoms with Gasteiger partial charge in [-0.25, -0.2) is 0 Å². The third-order valence-electron chi connectivity index (χ3n) is 4.22. The summed E-state index contributed by atoms with van der Waals surface area (Å²) in [5.74, 6) is -1.77. The van der Waals surface area contributed by atoms with Gasteiger partial charge in [0.2, 0.25) is 6.54 Å². The molecule has 2 rings (SSSR count). The van der Waals surface area contributed by atoms with Crippen molar-refractivity contribution in [2.24, 2.45) is 5.41 Å². The minimum Gasteiger partial charge on any atom is -0.468 e. The van der Waals surface area contributed by atoms with Crippen molar-refractivity contribution in [3.63, 3.8) is 0 Å². The van der Waals surface area contributed by atoms with E-state index >= 15 is 0 Å². The summed E-state index contributed by atoms with van der Waals surface area (Å²) in [6, 6.07) is 6.89. The first kappa shape index (κ1) is 16.6. The molecule has 0 unspecified atom stereocenters. The zero-order valence-corrected chi connectivity index (χ0v) is 13.7. The Labute approximate surface area is 136 Å². The number of Topliss-reactive ketones (excluding diaryl/α,β-unsaturated/α-hetero) is 1. The average molecular weight is 370 g/mol. The van der Waals surface area contributed by atoms with Crippen molar-refractivity contribution < 1.29 is 19.2 Å². The van der Waals surface area contributed by atoms with Gasteiger partial charge in [-0.3, -0.25) is 19.7 Å². The molecule has 0 N–H and O–H groups in total. The van der Waals surface area contributed by atoms with Crippen LogP contribution in [0.2, 0.25) is 0 Å². The number of benzene rings is 1. The fourth-order valence-corrected chi connectivity index (χ4v) is 3.45. The van der Waals surface area contributed by atoms with Crippen molar-refractivity contribution in [3.8, 4) is 0 Å². The maximum absolute atomic E-state index is 12.4. The number of rotatable bonds is 5. The Morgan fingerprint density at radius 3 is 2.55 bits per heavy atom. The summed E-state index contributed by atoms with van der Waals surface area (Å²) in [5.41, 5.74) is -0.851. The fraction of sp³-hybridized carbons (Fsp3) is 0.467. The predicted molar refractivity (Wildman–Crippen MR) is 82.1 cm³/mol. The molecule has 1 aliphatic carbocycles. The van der Waals surface area contributed by atoms with E-state index in [0.29, 0.717) is 12.0 Å². The highest BCUT2D eigenvalue weighted by Gasteiger charge is 2.57. The topological polar surface area (TPSA) is 86.5 Å². The Morgan fingerprint density at radius 2 is 2.09 bits per heavy atom. The molecule has 0 spiro atoms. The van der Waals surface area contributed by atoms with Crippen LogP contribution in [-0.2, 0) is 14.3 Å². The van der Waals surface area contributed by atoms with Crippen LogP contribution in [0, 0.1) is 15.5 Å². The predicted octanol–water partition coefficient (Wildman–Crippen LogP) is 2.72. The lowest BCUT2D eigenvalue weighted by molar-refractivity contribution is -0.485. The molecule has 0 saturated heterocycles. The highest BCUT2D eigenvalue weighted by atomic mass is 79.9. The lowest BCUT2D eigenvalue weighted by atomic mass is 9.70. The average Bonchev–Trinajstić information content (AvgIpc) is 2.87. The highest BCUT2D eigenvalue weighted by Crippen LogP contribution is 2.47. The van der Waals surface area contributed by atoms with Gasteiger partial charge in [0, 0.05) is 15.8 Å². The lowest BCUT2D eigenvalue weighted by Gasteiger charge is -2.31. The molecule has 0 bridgehead atoms. The molecule has 7 heteroatoms. The molecule has 0 aromatic heterocycles. The van der Waals surface area contributed by atoms with Gasteiger partial charge in [0.05, 0.1) is 13.0 Å². The van der Waals surface area contributed by atoms with Crippen molar-refractivity contribution in [1.82, 2.24) is 0 Å². The van der Waals surface area contributed by atoms with Crippen molar-refractivity contribution in [2.75, 3.05) is 13.7 Å². The number of carbonyl (C=O) groups excluding carboxylic acids is 2. The smallest absolute Gasteiger partial charge is 0.320 e. The van der Waals surface area contributed by atoms with Gasteiger partial charge in [0.1, 0.15) is 5.41 Å². The van der Waals surface area contributed by atoms with E-state index < -0.39 is 28.8 Å². The van der Waals surface area contributed by atoms with Crippen LogP contribution in [0.1, 0.15) is 30.7 Å². The van der Waals surface area contributed by atoms with E-state index in [1.165, 1.54) is 7.11 Å². The second-order valence-corrected chi connectivity index (χ2v) is 6.27. The van der Waals surface area contributed by atoms with Crippen molar-refractivity contribution in [1.29, 1.82) is 0 Å². The zero-order valence-electron chi connectivity index (χ0n) is 12.1. The van der Waals surface area contributed by atoms with Crippen LogP contribution in [-0.4, -0.2) is 30.3 Å². The Balaban J connectivity index is 2.54. The Hall–Kier alpha value is -1.76. The number of methoxy groups -OCH3 is 1. The quantitative estimate of drug-likeness (QED) is 0.344. The summed E-state index contributed by atoms with van der Waals surface area (Å²) in [6.45, 7) is -0.484. The van der Waals surface area contributed by atoms with Gasteiger partial charge in [-0.15, -0.1) is 0 Å². The molecule has 118 valence electrons. The number of hydrogen-bond acceptors (Lipinski definition) is 5. The second kappa shape index (κ2) is 6.56. The number of nitro groups is 1. The third-order valence-corrected chi connectivity index (χ3v) is 4.75. The summed E-state index contributed by atoms with van der Waals surface area (Å²) >= 11 is 3.30. The molecule has 22 heavy (non-hydrogen) atoms. The molecule has 0 amide bonds. The lowest BCUT2D eigenvalue weighted by Crippen LogP contribution is -2.44. The summed E-state index contributed by atoms with van der Waals surface area (Å²) in [5, 5.41) is 11.1. The van der Waals surface area contributed by atoms with Crippen LogP contribution >= 0.6 is 15.9 Å². The normalized spacial score (nSPS) is 22.4. The van der Waals surface area contributed by atoms with Crippen molar-refractivity contribution in [3.05, 3.63) is 44.4 Å². The number of ether oxygens (including phenoxy) is 1. The van der Waals surface area contributed by atoms with E-state index in [1.54, 1.807) is 24.3 Å². The fourth-order valence-electron chi connectivity index (χ4n) is 3.19. The van der Waals surface area contributed by atoms with Crippen molar-refractivity contribution >= 4 is 27.7 Å². The van der Waals surface area contributed by atoms with E-state index in [4.69, 9.17) is 4.74 Å². The minimum absolute atomic E-state index is 0.250. The third kappa shape index (κ3) is 2.90. The molecule has 1 fully saturated rings. The highest BCUT2D eigenvalue weighted by molar-refractivity contribution is 9.10. The summed E-state index contributed by atoms with van der Waals surface area (Å²) in [4.78, 5) is 35.4. The zero-order chi connectivity index (χ0) is 16.3. The first-order valence-electron chi connectivity index (χ1n) is 6.91. The number of carbonyl (C=O) groups is 2. The van der Waals surface area contributed by atoms with Gasteiger partial charge in [-0.2, -0.15) is 0 Å². The van der Waals surface area contributed by atoms with Crippen LogP contribution < -0.4 is 0 Å². The van der Waals surface area contributed by atoms with Crippen LogP contribution in [0.25, 0.3) is 0 Å². The first-order valence-corrected chi connectivity index (χ1v) is 7.70. The molecule has 0 radical (unpaired) electrons. The molecular formula is C15H16BrNO5. The van der Waals surface area contributed by atoms with Gasteiger partial charge < -0.3 is 4.74 Å². The monoisotopic (exact) mass is 369 g/mol. The summed E-state index contributed by atoms with van der Waals surface area (Å²) in [7, 11) is 1.21. The Kier molecular flexibility index (Phi) is 4.95. The molecule has 1 saturated carbocycles. The SMILES string of the molecule is COC(=O)[C@@]1([C@@H](C[N+](=O)[O-])c2ccc(Br)cc2)CCCC1=O. The van der Waals surface area contributed by atoms with Crippen LogP contribution in [0.4, 0.5) is 0 Å². The largest absolute Gasteiger partial charge is 0.468 e. The number of halogens is 1. The Morgan fingerprint density at radius 1 is 1.45 bits per heavy atom. The second-order valence-electron chi connectivity index (χ2n) is 5.36. The number of esters is 1. The van der Waals surface area contributed by atoms with Gasteiger partial charge in [0.15, 0.2) is 5.78 Å². The molecule has 1 aromatic rings. The number of hydrogen-bond donors (Lipinski definition) is 0. The van der Waals surface area contributed by atoms with Crippen LogP contribution in [0.5, 0.6) is 0 Å². The van der Waals surface area contributed by atoms with E-state index in [2.05, 4.69) is 15.9 Å². The number of nitrogens with zero attached hydrogens (tertiary/aromatic N) is 1. The van der Waals surface area contributed by atoms with E-state index in [9.17, 15) is 19.7 Å². The van der Waals surface area contributed by atoms with E-state index in [-0.39, 0.29) is 18.6 Å². The standard InChI is InChI=1S/C15H16BrNO5/c1-22-14(19)15(8-2-3-13(15)18)12(9-17(20)21)10-4-6-11(16)7-5-10/h4-7,12H,2-3,8-9H2,1H3/t12-,15+/m0/s1. The molecule has 1 aromatic carbocycles. The molecule has 6 nitrogen and oxygen atoms in total. The van der Waals surface area contributed by atoms with E-state index in [1.807, 2.05) is 0 Å². The maximum atomic E-state index is 12.4. The van der Waals surface area contributed by atoms with Crippen molar-refractivity contribution in [2.45, 2.75) is 25.2 Å².